The van der Waals surface area contributed by atoms with Crippen LogP contribution in [0.2, 0.25) is 10.0 Å². The van der Waals surface area contributed by atoms with E-state index in [1.165, 1.54) is 0 Å². The second-order valence-electron chi connectivity index (χ2n) is 6.60. The van der Waals surface area contributed by atoms with Gasteiger partial charge in [0.2, 0.25) is 0 Å². The monoisotopic (exact) mass is 392 g/mol. The number of likely N-dealkylation sites (tertiary alicyclic amines) is 1. The fourth-order valence-electron chi connectivity index (χ4n) is 3.29. The Morgan fingerprint density at radius 3 is 2.42 bits per heavy atom. The van der Waals surface area contributed by atoms with Crippen molar-refractivity contribution in [2.75, 3.05) is 19.6 Å². The van der Waals surface area contributed by atoms with Crippen LogP contribution in [0, 0.1) is 0 Å². The molecular formula is C20H22Cl2N2O2. The van der Waals surface area contributed by atoms with E-state index in [-0.39, 0.29) is 12.3 Å². The van der Waals surface area contributed by atoms with Gasteiger partial charge in [-0.25, -0.2) is 5.06 Å². The van der Waals surface area contributed by atoms with E-state index >= 15 is 0 Å². The second-order valence-corrected chi connectivity index (χ2v) is 7.41. The minimum absolute atomic E-state index is 0.0662. The molecule has 0 saturated carbocycles. The van der Waals surface area contributed by atoms with Gasteiger partial charge in [-0.05, 0) is 49.2 Å². The number of rotatable bonds is 6. The molecule has 138 valence electrons. The SMILES string of the molecule is O=C(Cc1ccc(Cl)c(Cl)c1)N(O)[C@H](CN1CCCC1)c1ccccc1. The first-order valence-corrected chi connectivity index (χ1v) is 9.52. The van der Waals surface area contributed by atoms with Crippen LogP contribution in [-0.4, -0.2) is 40.7 Å². The second kappa shape index (κ2) is 8.87. The molecule has 1 fully saturated rings. The van der Waals surface area contributed by atoms with Crippen molar-refractivity contribution in [1.82, 2.24) is 9.96 Å². The predicted molar refractivity (Wildman–Crippen MR) is 104 cm³/mol. The third-order valence-electron chi connectivity index (χ3n) is 4.70. The lowest BCUT2D eigenvalue weighted by atomic mass is 10.0. The zero-order chi connectivity index (χ0) is 18.5. The first kappa shape index (κ1) is 19.2. The molecule has 3 rings (SSSR count). The third-order valence-corrected chi connectivity index (χ3v) is 5.44. The number of nitrogens with zero attached hydrogens (tertiary/aromatic N) is 2. The van der Waals surface area contributed by atoms with E-state index in [0.29, 0.717) is 16.6 Å². The molecule has 26 heavy (non-hydrogen) atoms. The molecule has 0 aliphatic carbocycles. The summed E-state index contributed by atoms with van der Waals surface area (Å²) < 4.78 is 0. The lowest BCUT2D eigenvalue weighted by Crippen LogP contribution is -2.39. The van der Waals surface area contributed by atoms with Gasteiger partial charge in [0, 0.05) is 6.54 Å². The van der Waals surface area contributed by atoms with Crippen molar-refractivity contribution in [2.24, 2.45) is 0 Å². The van der Waals surface area contributed by atoms with Crippen molar-refractivity contribution in [3.05, 3.63) is 69.7 Å². The van der Waals surface area contributed by atoms with Gasteiger partial charge < -0.3 is 4.90 Å². The van der Waals surface area contributed by atoms with Gasteiger partial charge >= 0.3 is 0 Å². The number of hydrogen-bond donors (Lipinski definition) is 1. The Hall–Kier alpha value is -1.59. The standard InChI is InChI=1S/C20H22Cl2N2O2/c21-17-9-8-15(12-18(17)22)13-20(25)24(26)19(14-23-10-4-5-11-23)16-6-2-1-3-7-16/h1-3,6-9,12,19,26H,4-5,10-11,13-14H2/t19-/m1/s1. The van der Waals surface area contributed by atoms with Crippen LogP contribution in [0.5, 0.6) is 0 Å². The van der Waals surface area contributed by atoms with Crippen molar-refractivity contribution in [3.63, 3.8) is 0 Å². The molecule has 1 N–H and O–H groups in total. The van der Waals surface area contributed by atoms with Crippen molar-refractivity contribution in [2.45, 2.75) is 25.3 Å². The molecule has 2 aromatic rings. The van der Waals surface area contributed by atoms with Gasteiger partial charge in [0.05, 0.1) is 22.5 Å². The average Bonchev–Trinajstić information content (AvgIpc) is 3.16. The lowest BCUT2D eigenvalue weighted by Gasteiger charge is -2.30. The van der Waals surface area contributed by atoms with E-state index in [0.717, 1.165) is 42.1 Å². The van der Waals surface area contributed by atoms with Crippen LogP contribution < -0.4 is 0 Å². The molecule has 2 aromatic carbocycles. The molecule has 6 heteroatoms. The Morgan fingerprint density at radius 1 is 1.08 bits per heavy atom. The highest BCUT2D eigenvalue weighted by atomic mass is 35.5. The Kier molecular flexibility index (Phi) is 6.54. The van der Waals surface area contributed by atoms with Gasteiger partial charge in [0.25, 0.3) is 5.91 Å². The molecule has 0 radical (unpaired) electrons. The summed E-state index contributed by atoms with van der Waals surface area (Å²) in [5, 5.41) is 12.4. The summed E-state index contributed by atoms with van der Waals surface area (Å²) in [6.45, 7) is 2.62. The first-order chi connectivity index (χ1) is 12.5. The number of carbonyl (C=O) groups is 1. The summed E-state index contributed by atoms with van der Waals surface area (Å²) >= 11 is 11.9. The molecule has 0 spiro atoms. The van der Waals surface area contributed by atoms with E-state index in [4.69, 9.17) is 23.2 Å². The minimum Gasteiger partial charge on any atom is -0.301 e. The fraction of sp³-hybridized carbons (Fsp3) is 0.350. The quantitative estimate of drug-likeness (QED) is 0.577. The molecule has 1 saturated heterocycles. The summed E-state index contributed by atoms with van der Waals surface area (Å²) in [7, 11) is 0. The molecule has 1 heterocycles. The van der Waals surface area contributed by atoms with Crippen LogP contribution in [0.3, 0.4) is 0 Å². The van der Waals surface area contributed by atoms with Gasteiger partial charge in [-0.2, -0.15) is 0 Å². The Bertz CT molecular complexity index is 749. The topological polar surface area (TPSA) is 43.8 Å². The molecule has 4 nitrogen and oxygen atoms in total. The number of benzene rings is 2. The summed E-state index contributed by atoms with van der Waals surface area (Å²) in [5.74, 6) is -0.364. The first-order valence-electron chi connectivity index (χ1n) is 8.77. The molecule has 1 atom stereocenters. The summed E-state index contributed by atoms with van der Waals surface area (Å²) in [6.07, 6.45) is 2.38. The summed E-state index contributed by atoms with van der Waals surface area (Å²) in [6, 6.07) is 14.3. The molecule has 1 amide bonds. The van der Waals surface area contributed by atoms with Gasteiger partial charge in [-0.1, -0.05) is 59.6 Å². The highest BCUT2D eigenvalue weighted by Gasteiger charge is 2.27. The van der Waals surface area contributed by atoms with Crippen LogP contribution in [-0.2, 0) is 11.2 Å². The maximum atomic E-state index is 12.7. The molecule has 0 unspecified atom stereocenters. The number of amides is 1. The highest BCUT2D eigenvalue weighted by Crippen LogP contribution is 2.25. The van der Waals surface area contributed by atoms with E-state index < -0.39 is 6.04 Å². The normalized spacial score (nSPS) is 15.8. The van der Waals surface area contributed by atoms with Crippen molar-refractivity contribution >= 4 is 29.1 Å². The van der Waals surface area contributed by atoms with Crippen molar-refractivity contribution < 1.29 is 10.0 Å². The van der Waals surface area contributed by atoms with E-state index in [1.54, 1.807) is 18.2 Å². The van der Waals surface area contributed by atoms with Gasteiger partial charge in [0.1, 0.15) is 0 Å². The van der Waals surface area contributed by atoms with Gasteiger partial charge in [0.15, 0.2) is 0 Å². The zero-order valence-corrected chi connectivity index (χ0v) is 16.0. The number of carbonyl (C=O) groups excluding carboxylic acids is 1. The molecular weight excluding hydrogens is 371 g/mol. The van der Waals surface area contributed by atoms with E-state index in [1.807, 2.05) is 30.3 Å². The summed E-state index contributed by atoms with van der Waals surface area (Å²) in [4.78, 5) is 15.0. The van der Waals surface area contributed by atoms with Crippen LogP contribution >= 0.6 is 23.2 Å². The Morgan fingerprint density at radius 2 is 1.77 bits per heavy atom. The van der Waals surface area contributed by atoms with Gasteiger partial charge in [-0.15, -0.1) is 0 Å². The molecule has 0 bridgehead atoms. The van der Waals surface area contributed by atoms with Crippen LogP contribution in [0.15, 0.2) is 48.5 Å². The smallest absolute Gasteiger partial charge is 0.250 e. The average molecular weight is 393 g/mol. The van der Waals surface area contributed by atoms with Crippen LogP contribution in [0.4, 0.5) is 0 Å². The third kappa shape index (κ3) is 4.77. The number of hydrogen-bond acceptors (Lipinski definition) is 3. The van der Waals surface area contributed by atoms with Gasteiger partial charge in [-0.3, -0.25) is 10.0 Å². The maximum absolute atomic E-state index is 12.7. The van der Waals surface area contributed by atoms with Crippen molar-refractivity contribution in [1.29, 1.82) is 0 Å². The Balaban J connectivity index is 1.75. The van der Waals surface area contributed by atoms with Crippen LogP contribution in [0.25, 0.3) is 0 Å². The summed E-state index contributed by atoms with van der Waals surface area (Å²) in [5.41, 5.74) is 1.64. The fourth-order valence-corrected chi connectivity index (χ4v) is 3.61. The largest absolute Gasteiger partial charge is 0.301 e. The number of halogens is 2. The van der Waals surface area contributed by atoms with E-state index in [2.05, 4.69) is 4.90 Å². The molecule has 1 aliphatic heterocycles. The van der Waals surface area contributed by atoms with E-state index in [9.17, 15) is 10.0 Å². The van der Waals surface area contributed by atoms with Crippen molar-refractivity contribution in [3.8, 4) is 0 Å². The molecule has 1 aliphatic rings. The number of hydroxylamine groups is 2. The lowest BCUT2D eigenvalue weighted by molar-refractivity contribution is -0.177. The maximum Gasteiger partial charge on any atom is 0.250 e. The molecule has 0 aromatic heterocycles. The minimum atomic E-state index is -0.399. The predicted octanol–water partition coefficient (Wildman–Crippen LogP) is 4.59. The highest BCUT2D eigenvalue weighted by molar-refractivity contribution is 6.42. The Labute approximate surface area is 163 Å². The van der Waals surface area contributed by atoms with Crippen LogP contribution in [0.1, 0.15) is 30.0 Å². The zero-order valence-electron chi connectivity index (χ0n) is 14.4.